The van der Waals surface area contributed by atoms with Crippen LogP contribution in [0.2, 0.25) is 5.02 Å². The highest BCUT2D eigenvalue weighted by atomic mass is 35.5. The van der Waals surface area contributed by atoms with E-state index in [1.807, 2.05) is 6.07 Å². The standard InChI is InChI=1S/C16H15ClFNO2/c1-20-13-4-2-3-11(17)16(13)15-8-12(19)10-6-5-9(18)7-14(10)21-15/h2-7,12,15H,8,19H2,1H3/t12-,15?/m1/s1. The zero-order valence-electron chi connectivity index (χ0n) is 11.5. The molecule has 0 radical (unpaired) electrons. The van der Waals surface area contributed by atoms with Crippen LogP contribution in [0, 0.1) is 5.82 Å². The van der Waals surface area contributed by atoms with Gasteiger partial charge in [-0.15, -0.1) is 0 Å². The van der Waals surface area contributed by atoms with E-state index >= 15 is 0 Å². The summed E-state index contributed by atoms with van der Waals surface area (Å²) >= 11 is 6.27. The van der Waals surface area contributed by atoms with Crippen LogP contribution in [-0.4, -0.2) is 7.11 Å². The van der Waals surface area contributed by atoms with Crippen LogP contribution in [0.3, 0.4) is 0 Å². The fraction of sp³-hybridized carbons (Fsp3) is 0.250. The van der Waals surface area contributed by atoms with Gasteiger partial charge in [-0.25, -0.2) is 4.39 Å². The molecule has 110 valence electrons. The highest BCUT2D eigenvalue weighted by Gasteiger charge is 2.30. The maximum Gasteiger partial charge on any atom is 0.131 e. The van der Waals surface area contributed by atoms with Crippen molar-refractivity contribution in [3.05, 3.63) is 58.4 Å². The van der Waals surface area contributed by atoms with Gasteiger partial charge in [0, 0.05) is 24.1 Å². The third kappa shape index (κ3) is 2.57. The second kappa shape index (κ2) is 5.54. The molecule has 0 bridgehead atoms. The lowest BCUT2D eigenvalue weighted by Crippen LogP contribution is -2.24. The number of hydrogen-bond acceptors (Lipinski definition) is 3. The second-order valence-electron chi connectivity index (χ2n) is 4.99. The Kier molecular flexibility index (Phi) is 3.74. The van der Waals surface area contributed by atoms with Gasteiger partial charge >= 0.3 is 0 Å². The van der Waals surface area contributed by atoms with Gasteiger partial charge in [-0.05, 0) is 18.2 Å². The topological polar surface area (TPSA) is 44.5 Å². The molecule has 3 nitrogen and oxygen atoms in total. The number of halogens is 2. The van der Waals surface area contributed by atoms with Crippen molar-refractivity contribution in [2.75, 3.05) is 7.11 Å². The number of benzene rings is 2. The van der Waals surface area contributed by atoms with Crippen LogP contribution in [-0.2, 0) is 0 Å². The normalized spacial score (nSPS) is 20.6. The summed E-state index contributed by atoms with van der Waals surface area (Å²) in [4.78, 5) is 0. The van der Waals surface area contributed by atoms with Crippen molar-refractivity contribution in [2.24, 2.45) is 5.73 Å². The largest absolute Gasteiger partial charge is 0.496 e. The predicted octanol–water partition coefficient (Wildman–Crippen LogP) is 4.01. The van der Waals surface area contributed by atoms with Crippen LogP contribution in [0.4, 0.5) is 4.39 Å². The predicted molar refractivity (Wildman–Crippen MR) is 79.3 cm³/mol. The Balaban J connectivity index is 2.03. The molecule has 0 aromatic heterocycles. The molecule has 5 heteroatoms. The quantitative estimate of drug-likeness (QED) is 0.911. The van der Waals surface area contributed by atoms with Crippen LogP contribution in [0.5, 0.6) is 11.5 Å². The summed E-state index contributed by atoms with van der Waals surface area (Å²) in [6, 6.07) is 9.56. The molecule has 2 N–H and O–H groups in total. The molecule has 1 aliphatic heterocycles. The molecular weight excluding hydrogens is 293 g/mol. The van der Waals surface area contributed by atoms with Crippen LogP contribution in [0.15, 0.2) is 36.4 Å². The molecule has 3 rings (SSSR count). The fourth-order valence-electron chi connectivity index (χ4n) is 2.66. The van der Waals surface area contributed by atoms with Gasteiger partial charge in [-0.1, -0.05) is 23.7 Å². The van der Waals surface area contributed by atoms with E-state index in [1.165, 1.54) is 12.1 Å². The van der Waals surface area contributed by atoms with Gasteiger partial charge in [-0.2, -0.15) is 0 Å². The first kappa shape index (κ1) is 14.2. The van der Waals surface area contributed by atoms with E-state index in [9.17, 15) is 4.39 Å². The Morgan fingerprint density at radius 2 is 2.14 bits per heavy atom. The molecule has 0 amide bonds. The molecule has 0 saturated heterocycles. The number of ether oxygens (including phenoxy) is 2. The van der Waals surface area contributed by atoms with E-state index in [2.05, 4.69) is 0 Å². The van der Waals surface area contributed by atoms with Gasteiger partial charge in [0.25, 0.3) is 0 Å². The summed E-state index contributed by atoms with van der Waals surface area (Å²) in [6.07, 6.45) is 0.191. The minimum Gasteiger partial charge on any atom is -0.496 e. The van der Waals surface area contributed by atoms with E-state index in [0.717, 1.165) is 11.1 Å². The van der Waals surface area contributed by atoms with Crippen molar-refractivity contribution in [2.45, 2.75) is 18.6 Å². The third-order valence-corrected chi connectivity index (χ3v) is 4.00. The zero-order chi connectivity index (χ0) is 15.0. The fourth-order valence-corrected chi connectivity index (χ4v) is 2.95. The van der Waals surface area contributed by atoms with Crippen LogP contribution in [0.25, 0.3) is 0 Å². The zero-order valence-corrected chi connectivity index (χ0v) is 12.2. The minimum absolute atomic E-state index is 0.236. The van der Waals surface area contributed by atoms with Gasteiger partial charge in [-0.3, -0.25) is 0 Å². The smallest absolute Gasteiger partial charge is 0.131 e. The maximum absolute atomic E-state index is 13.4. The third-order valence-electron chi connectivity index (χ3n) is 3.67. The Morgan fingerprint density at radius 3 is 2.90 bits per heavy atom. The van der Waals surface area contributed by atoms with E-state index in [1.54, 1.807) is 25.3 Å². The Hall–Kier alpha value is -1.78. The Labute approximate surface area is 127 Å². The molecule has 0 aliphatic carbocycles. The molecule has 0 fully saturated rings. The summed E-state index contributed by atoms with van der Waals surface area (Å²) in [5.41, 5.74) is 7.73. The molecule has 1 heterocycles. The minimum atomic E-state index is -0.363. The first-order chi connectivity index (χ1) is 10.1. The lowest BCUT2D eigenvalue weighted by atomic mass is 9.93. The lowest BCUT2D eigenvalue weighted by Gasteiger charge is -2.31. The maximum atomic E-state index is 13.4. The summed E-state index contributed by atoms with van der Waals surface area (Å²) in [5, 5.41) is 0.548. The summed E-state index contributed by atoms with van der Waals surface area (Å²) < 4.78 is 24.7. The van der Waals surface area contributed by atoms with E-state index in [-0.39, 0.29) is 18.0 Å². The van der Waals surface area contributed by atoms with Gasteiger partial charge in [0.15, 0.2) is 0 Å². The Bertz CT molecular complexity index is 677. The number of methoxy groups -OCH3 is 1. The van der Waals surface area contributed by atoms with Crippen LogP contribution >= 0.6 is 11.6 Å². The summed E-state index contributed by atoms with van der Waals surface area (Å²) in [6.45, 7) is 0. The van der Waals surface area contributed by atoms with Crippen LogP contribution < -0.4 is 15.2 Å². The number of fused-ring (bicyclic) bond motifs is 1. The van der Waals surface area contributed by atoms with Gasteiger partial charge in [0.1, 0.15) is 23.4 Å². The first-order valence-electron chi connectivity index (χ1n) is 6.64. The van der Waals surface area contributed by atoms with Crippen molar-refractivity contribution in [1.82, 2.24) is 0 Å². The molecule has 2 aromatic carbocycles. The van der Waals surface area contributed by atoms with Crippen LogP contribution in [0.1, 0.15) is 29.7 Å². The average Bonchev–Trinajstić information content (AvgIpc) is 2.46. The number of hydrogen-bond donors (Lipinski definition) is 1. The van der Waals surface area contributed by atoms with E-state index < -0.39 is 0 Å². The highest BCUT2D eigenvalue weighted by Crippen LogP contribution is 2.44. The van der Waals surface area contributed by atoms with E-state index in [0.29, 0.717) is 22.9 Å². The van der Waals surface area contributed by atoms with Gasteiger partial charge < -0.3 is 15.2 Å². The molecule has 1 unspecified atom stereocenters. The molecule has 0 spiro atoms. The van der Waals surface area contributed by atoms with Crippen molar-refractivity contribution < 1.29 is 13.9 Å². The van der Waals surface area contributed by atoms with Crippen molar-refractivity contribution in [3.63, 3.8) is 0 Å². The van der Waals surface area contributed by atoms with Crippen molar-refractivity contribution in [3.8, 4) is 11.5 Å². The molecule has 21 heavy (non-hydrogen) atoms. The molecule has 2 aromatic rings. The summed E-state index contributed by atoms with van der Waals surface area (Å²) in [5.74, 6) is 0.744. The summed E-state index contributed by atoms with van der Waals surface area (Å²) in [7, 11) is 1.57. The molecule has 0 saturated carbocycles. The molecular formula is C16H15ClFNO2. The van der Waals surface area contributed by atoms with Gasteiger partial charge in [0.05, 0.1) is 17.7 Å². The molecule has 1 aliphatic rings. The second-order valence-corrected chi connectivity index (χ2v) is 5.39. The number of nitrogens with two attached hydrogens (primary N) is 1. The Morgan fingerprint density at radius 1 is 1.33 bits per heavy atom. The first-order valence-corrected chi connectivity index (χ1v) is 7.02. The van der Waals surface area contributed by atoms with Crippen molar-refractivity contribution >= 4 is 11.6 Å². The monoisotopic (exact) mass is 307 g/mol. The lowest BCUT2D eigenvalue weighted by molar-refractivity contribution is 0.157. The van der Waals surface area contributed by atoms with Gasteiger partial charge in [0.2, 0.25) is 0 Å². The number of rotatable bonds is 2. The van der Waals surface area contributed by atoms with E-state index in [4.69, 9.17) is 26.8 Å². The van der Waals surface area contributed by atoms with Crippen molar-refractivity contribution in [1.29, 1.82) is 0 Å². The SMILES string of the molecule is COc1cccc(Cl)c1C1C[C@@H](N)c2ccc(F)cc2O1. The highest BCUT2D eigenvalue weighted by molar-refractivity contribution is 6.31. The average molecular weight is 308 g/mol. The molecule has 2 atom stereocenters.